The minimum atomic E-state index is -0.903. The Morgan fingerprint density at radius 2 is 1.83 bits per heavy atom. The lowest BCUT2D eigenvalue weighted by atomic mass is 9.81. The molecule has 1 aliphatic heterocycles. The largest absolute Gasteiger partial charge is 0.369 e. The van der Waals surface area contributed by atoms with Gasteiger partial charge in [-0.2, -0.15) is 5.26 Å². The zero-order valence-electron chi connectivity index (χ0n) is 11.1. The first-order valence-electron chi connectivity index (χ1n) is 6.50. The van der Waals surface area contributed by atoms with Gasteiger partial charge in [-0.05, 0) is 25.7 Å². The third-order valence-corrected chi connectivity index (χ3v) is 4.02. The zero-order valence-corrected chi connectivity index (χ0v) is 11.1. The van der Waals surface area contributed by atoms with E-state index in [-0.39, 0.29) is 17.7 Å². The summed E-state index contributed by atoms with van der Waals surface area (Å²) in [7, 11) is 0. The Hall–Kier alpha value is -1.57. The van der Waals surface area contributed by atoms with Crippen molar-refractivity contribution in [1.82, 2.24) is 4.90 Å². The lowest BCUT2D eigenvalue weighted by Crippen LogP contribution is -2.48. The molecule has 0 spiro atoms. The van der Waals surface area contributed by atoms with E-state index in [1.54, 1.807) is 4.90 Å². The summed E-state index contributed by atoms with van der Waals surface area (Å²) in [5.74, 6) is -0.522. The van der Waals surface area contributed by atoms with Crippen LogP contribution in [0.25, 0.3) is 0 Å². The molecule has 5 nitrogen and oxygen atoms in total. The Bertz CT molecular complexity index is 361. The molecule has 0 aromatic carbocycles. The van der Waals surface area contributed by atoms with Crippen molar-refractivity contribution in [1.29, 1.82) is 5.26 Å². The van der Waals surface area contributed by atoms with Gasteiger partial charge in [0.25, 0.3) is 0 Å². The lowest BCUT2D eigenvalue weighted by Gasteiger charge is -2.35. The third-order valence-electron chi connectivity index (χ3n) is 4.02. The van der Waals surface area contributed by atoms with E-state index >= 15 is 0 Å². The molecule has 0 aromatic heterocycles. The lowest BCUT2D eigenvalue weighted by molar-refractivity contribution is -0.142. The maximum Gasteiger partial charge on any atom is 0.243 e. The van der Waals surface area contributed by atoms with Crippen molar-refractivity contribution < 1.29 is 9.59 Å². The van der Waals surface area contributed by atoms with Crippen molar-refractivity contribution >= 4 is 11.8 Å². The molecule has 18 heavy (non-hydrogen) atoms. The standard InChI is InChI=1S/C13H21N3O2/c1-3-13(4-2,9-14)12(18)16-7-5-10(6-8-16)11(15)17/h10H,3-8H2,1-2H3,(H2,15,17). The molecular weight excluding hydrogens is 230 g/mol. The smallest absolute Gasteiger partial charge is 0.243 e. The highest BCUT2D eigenvalue weighted by atomic mass is 16.2. The van der Waals surface area contributed by atoms with Gasteiger partial charge in [0.05, 0.1) is 6.07 Å². The number of piperidine rings is 1. The van der Waals surface area contributed by atoms with Crippen molar-refractivity contribution in [3.63, 3.8) is 0 Å². The van der Waals surface area contributed by atoms with Gasteiger partial charge in [0, 0.05) is 19.0 Å². The molecule has 1 saturated heterocycles. The van der Waals surface area contributed by atoms with E-state index in [1.807, 2.05) is 13.8 Å². The molecule has 2 amide bonds. The van der Waals surface area contributed by atoms with E-state index < -0.39 is 5.41 Å². The molecule has 5 heteroatoms. The van der Waals surface area contributed by atoms with Crippen LogP contribution in [0.4, 0.5) is 0 Å². The molecule has 0 bridgehead atoms. The number of nitriles is 1. The number of carbonyl (C=O) groups excluding carboxylic acids is 2. The molecule has 0 saturated carbocycles. The summed E-state index contributed by atoms with van der Waals surface area (Å²) in [5.41, 5.74) is 4.36. The van der Waals surface area contributed by atoms with Crippen LogP contribution < -0.4 is 5.73 Å². The predicted octanol–water partition coefficient (Wildman–Crippen LogP) is 1.04. The number of hydrogen-bond acceptors (Lipinski definition) is 3. The molecule has 0 atom stereocenters. The molecule has 0 aliphatic carbocycles. The molecule has 1 aliphatic rings. The van der Waals surface area contributed by atoms with E-state index in [1.165, 1.54) is 0 Å². The molecule has 0 radical (unpaired) electrons. The van der Waals surface area contributed by atoms with Gasteiger partial charge >= 0.3 is 0 Å². The molecule has 1 rings (SSSR count). The van der Waals surface area contributed by atoms with Crippen molar-refractivity contribution in [2.24, 2.45) is 17.1 Å². The second-order valence-corrected chi connectivity index (χ2v) is 4.87. The van der Waals surface area contributed by atoms with E-state index in [2.05, 4.69) is 6.07 Å². The minimum absolute atomic E-state index is 0.0991. The molecule has 100 valence electrons. The first-order chi connectivity index (χ1) is 8.50. The van der Waals surface area contributed by atoms with Gasteiger partial charge in [0.2, 0.25) is 11.8 Å². The van der Waals surface area contributed by atoms with Gasteiger partial charge in [0.15, 0.2) is 0 Å². The zero-order chi connectivity index (χ0) is 13.8. The third kappa shape index (κ3) is 2.63. The van der Waals surface area contributed by atoms with Crippen LogP contribution in [0.15, 0.2) is 0 Å². The van der Waals surface area contributed by atoms with Crippen LogP contribution in [0.2, 0.25) is 0 Å². The van der Waals surface area contributed by atoms with Crippen LogP contribution >= 0.6 is 0 Å². The molecular formula is C13H21N3O2. The predicted molar refractivity (Wildman–Crippen MR) is 67.1 cm³/mol. The summed E-state index contributed by atoms with van der Waals surface area (Å²) in [6, 6.07) is 2.16. The number of hydrogen-bond donors (Lipinski definition) is 1. The Kier molecular flexibility index (Phi) is 4.71. The topological polar surface area (TPSA) is 87.2 Å². The van der Waals surface area contributed by atoms with Crippen LogP contribution in [0.1, 0.15) is 39.5 Å². The highest BCUT2D eigenvalue weighted by Gasteiger charge is 2.39. The van der Waals surface area contributed by atoms with Crippen molar-refractivity contribution in [3.8, 4) is 6.07 Å². The summed E-state index contributed by atoms with van der Waals surface area (Å²) in [6.07, 6.45) is 2.26. The van der Waals surface area contributed by atoms with Crippen LogP contribution in [0, 0.1) is 22.7 Å². The number of primary amides is 1. The summed E-state index contributed by atoms with van der Waals surface area (Å²) >= 11 is 0. The average Bonchev–Trinajstić information content (AvgIpc) is 2.41. The van der Waals surface area contributed by atoms with Crippen LogP contribution in [0.5, 0.6) is 0 Å². The van der Waals surface area contributed by atoms with Crippen LogP contribution in [-0.2, 0) is 9.59 Å². The molecule has 1 heterocycles. The average molecular weight is 251 g/mol. The Balaban J connectivity index is 2.70. The van der Waals surface area contributed by atoms with Gasteiger partial charge in [-0.15, -0.1) is 0 Å². The maximum absolute atomic E-state index is 12.4. The molecule has 0 aromatic rings. The minimum Gasteiger partial charge on any atom is -0.369 e. The van der Waals surface area contributed by atoms with Gasteiger partial charge in [-0.1, -0.05) is 13.8 Å². The number of amides is 2. The normalized spacial score (nSPS) is 17.3. The van der Waals surface area contributed by atoms with Crippen molar-refractivity contribution in [3.05, 3.63) is 0 Å². The van der Waals surface area contributed by atoms with Gasteiger partial charge in [0.1, 0.15) is 5.41 Å². The fourth-order valence-corrected chi connectivity index (χ4v) is 2.43. The maximum atomic E-state index is 12.4. The summed E-state index contributed by atoms with van der Waals surface area (Å²) in [4.78, 5) is 25.1. The Morgan fingerprint density at radius 3 is 2.17 bits per heavy atom. The number of carbonyl (C=O) groups is 2. The quantitative estimate of drug-likeness (QED) is 0.809. The second kappa shape index (κ2) is 5.85. The summed E-state index contributed by atoms with van der Waals surface area (Å²) < 4.78 is 0. The molecule has 2 N–H and O–H groups in total. The first-order valence-corrected chi connectivity index (χ1v) is 6.50. The van der Waals surface area contributed by atoms with E-state index in [0.717, 1.165) is 0 Å². The van der Waals surface area contributed by atoms with Gasteiger partial charge < -0.3 is 10.6 Å². The van der Waals surface area contributed by atoms with Gasteiger partial charge in [-0.25, -0.2) is 0 Å². The highest BCUT2D eigenvalue weighted by Crippen LogP contribution is 2.30. The Morgan fingerprint density at radius 1 is 1.33 bits per heavy atom. The van der Waals surface area contributed by atoms with E-state index in [0.29, 0.717) is 38.8 Å². The van der Waals surface area contributed by atoms with Crippen molar-refractivity contribution in [2.75, 3.05) is 13.1 Å². The monoisotopic (exact) mass is 251 g/mol. The van der Waals surface area contributed by atoms with Crippen LogP contribution in [0.3, 0.4) is 0 Å². The number of nitrogens with two attached hydrogens (primary N) is 1. The second-order valence-electron chi connectivity index (χ2n) is 4.87. The number of nitrogens with zero attached hydrogens (tertiary/aromatic N) is 2. The SMILES string of the molecule is CCC(C#N)(CC)C(=O)N1CCC(C(N)=O)CC1. The molecule has 1 fully saturated rings. The Labute approximate surface area is 108 Å². The van der Waals surface area contributed by atoms with E-state index in [4.69, 9.17) is 5.73 Å². The fourth-order valence-electron chi connectivity index (χ4n) is 2.43. The van der Waals surface area contributed by atoms with Crippen molar-refractivity contribution in [2.45, 2.75) is 39.5 Å². The summed E-state index contributed by atoms with van der Waals surface area (Å²) in [6.45, 7) is 4.77. The molecule has 0 unspecified atom stereocenters. The number of rotatable bonds is 4. The van der Waals surface area contributed by atoms with Crippen LogP contribution in [-0.4, -0.2) is 29.8 Å². The number of likely N-dealkylation sites (tertiary alicyclic amines) is 1. The highest BCUT2D eigenvalue weighted by molar-refractivity contribution is 5.86. The fraction of sp³-hybridized carbons (Fsp3) is 0.769. The summed E-state index contributed by atoms with van der Waals surface area (Å²) in [5, 5.41) is 9.25. The van der Waals surface area contributed by atoms with E-state index in [9.17, 15) is 14.9 Å². The van der Waals surface area contributed by atoms with Gasteiger partial charge in [-0.3, -0.25) is 9.59 Å². The first kappa shape index (κ1) is 14.5.